The van der Waals surface area contributed by atoms with Gasteiger partial charge in [-0.3, -0.25) is 19.1 Å². The molecule has 2 N–H and O–H groups in total. The van der Waals surface area contributed by atoms with Gasteiger partial charge in [0.05, 0.1) is 37.7 Å². The summed E-state index contributed by atoms with van der Waals surface area (Å²) >= 11 is 1.67. The molecule has 1 unspecified atom stereocenters. The smallest absolute Gasteiger partial charge is 0.261 e. The number of para-hydroxylation sites is 1. The Kier molecular flexibility index (Phi) is 6.27. The largest absolute Gasteiger partial charge is 0.493 e. The van der Waals surface area contributed by atoms with Crippen LogP contribution in [0.1, 0.15) is 27.9 Å². The van der Waals surface area contributed by atoms with Crippen molar-refractivity contribution in [1.29, 1.82) is 0 Å². The van der Waals surface area contributed by atoms with Crippen molar-refractivity contribution in [1.82, 2.24) is 14.5 Å². The number of benzene rings is 2. The lowest BCUT2D eigenvalue weighted by atomic mass is 9.91. The molecular weight excluding hydrogens is 464 g/mol. The van der Waals surface area contributed by atoms with Crippen LogP contribution in [0.15, 0.2) is 58.7 Å². The van der Waals surface area contributed by atoms with E-state index in [4.69, 9.17) is 20.2 Å². The van der Waals surface area contributed by atoms with Crippen LogP contribution in [0.25, 0.3) is 10.9 Å². The molecule has 0 radical (unpaired) electrons. The summed E-state index contributed by atoms with van der Waals surface area (Å²) < 4.78 is 12.5. The van der Waals surface area contributed by atoms with Crippen molar-refractivity contribution in [2.24, 2.45) is 5.73 Å². The van der Waals surface area contributed by atoms with Crippen LogP contribution in [0.5, 0.6) is 11.5 Å². The molecule has 8 nitrogen and oxygen atoms in total. The summed E-state index contributed by atoms with van der Waals surface area (Å²) in [5.41, 5.74) is 8.16. The zero-order valence-electron chi connectivity index (χ0n) is 19.6. The van der Waals surface area contributed by atoms with Crippen molar-refractivity contribution < 1.29 is 14.3 Å². The number of methoxy groups -OCH3 is 2. The molecule has 180 valence electrons. The molecular formula is C26H26N4O4S. The molecule has 9 heteroatoms. The van der Waals surface area contributed by atoms with Gasteiger partial charge in [0.25, 0.3) is 5.56 Å². The maximum Gasteiger partial charge on any atom is 0.261 e. The van der Waals surface area contributed by atoms with Crippen LogP contribution >= 0.6 is 11.3 Å². The fourth-order valence-corrected chi connectivity index (χ4v) is 5.66. The van der Waals surface area contributed by atoms with Gasteiger partial charge in [-0.2, -0.15) is 0 Å². The minimum absolute atomic E-state index is 0.0658. The Labute approximate surface area is 206 Å². The van der Waals surface area contributed by atoms with E-state index in [1.165, 1.54) is 15.0 Å². The van der Waals surface area contributed by atoms with Crippen LogP contribution in [0, 0.1) is 0 Å². The van der Waals surface area contributed by atoms with Gasteiger partial charge in [0, 0.05) is 11.4 Å². The van der Waals surface area contributed by atoms with E-state index in [2.05, 4.69) is 16.3 Å². The number of carbonyl (C=O) groups excluding carboxylic acids is 1. The fourth-order valence-electron chi connectivity index (χ4n) is 4.78. The van der Waals surface area contributed by atoms with Gasteiger partial charge >= 0.3 is 0 Å². The van der Waals surface area contributed by atoms with E-state index in [0.29, 0.717) is 34.8 Å². The molecule has 0 bridgehead atoms. The third-order valence-electron chi connectivity index (χ3n) is 6.39. The molecule has 35 heavy (non-hydrogen) atoms. The van der Waals surface area contributed by atoms with Crippen molar-refractivity contribution in [3.8, 4) is 11.5 Å². The molecule has 2 aromatic carbocycles. The lowest BCUT2D eigenvalue weighted by molar-refractivity contribution is -0.118. The van der Waals surface area contributed by atoms with Crippen LogP contribution in [-0.2, 0) is 24.3 Å². The molecule has 5 rings (SSSR count). The van der Waals surface area contributed by atoms with Gasteiger partial charge in [-0.05, 0) is 53.3 Å². The van der Waals surface area contributed by atoms with E-state index in [1.54, 1.807) is 37.7 Å². The highest BCUT2D eigenvalue weighted by Crippen LogP contribution is 2.42. The van der Waals surface area contributed by atoms with Gasteiger partial charge in [0.2, 0.25) is 5.91 Å². The van der Waals surface area contributed by atoms with Gasteiger partial charge < -0.3 is 15.2 Å². The lowest BCUT2D eigenvalue weighted by Crippen LogP contribution is -2.39. The summed E-state index contributed by atoms with van der Waals surface area (Å²) in [5, 5.41) is 2.52. The molecule has 0 spiro atoms. The Bertz CT molecular complexity index is 1450. The van der Waals surface area contributed by atoms with Crippen LogP contribution < -0.4 is 20.8 Å². The van der Waals surface area contributed by atoms with Gasteiger partial charge in [-0.25, -0.2) is 4.98 Å². The molecule has 0 aliphatic carbocycles. The number of fused-ring (bicyclic) bond motifs is 2. The van der Waals surface area contributed by atoms with Gasteiger partial charge in [0.15, 0.2) is 11.5 Å². The van der Waals surface area contributed by atoms with E-state index in [1.807, 2.05) is 30.3 Å². The first kappa shape index (κ1) is 23.1. The quantitative estimate of drug-likeness (QED) is 0.427. The lowest BCUT2D eigenvalue weighted by Gasteiger charge is -2.37. The van der Waals surface area contributed by atoms with E-state index in [-0.39, 0.29) is 18.1 Å². The number of rotatable bonds is 7. The Morgan fingerprint density at radius 2 is 1.91 bits per heavy atom. The molecule has 1 amide bonds. The molecule has 1 aliphatic heterocycles. The summed E-state index contributed by atoms with van der Waals surface area (Å²) in [6.45, 7) is 0.902. The Morgan fingerprint density at radius 1 is 1.14 bits per heavy atom. The minimum atomic E-state index is -0.582. The fraction of sp³-hybridized carbons (Fsp3) is 0.269. The predicted octanol–water partition coefficient (Wildman–Crippen LogP) is 3.11. The molecule has 1 aliphatic rings. The summed E-state index contributed by atoms with van der Waals surface area (Å²) in [4.78, 5) is 33.3. The molecule has 0 saturated heterocycles. The average molecular weight is 491 g/mol. The van der Waals surface area contributed by atoms with Crippen LogP contribution in [0.2, 0.25) is 0 Å². The highest BCUT2D eigenvalue weighted by molar-refractivity contribution is 7.10. The van der Waals surface area contributed by atoms with Crippen LogP contribution in [0.4, 0.5) is 0 Å². The molecule has 4 aromatic rings. The second kappa shape index (κ2) is 9.52. The number of nitrogens with two attached hydrogens (primary N) is 1. The summed E-state index contributed by atoms with van der Waals surface area (Å²) in [5.74, 6) is 1.30. The first-order chi connectivity index (χ1) is 17.0. The second-order valence-electron chi connectivity index (χ2n) is 8.45. The standard InChI is InChI=1S/C26H26N4O4S/c1-33-20-12-16-9-10-29(25(22-8-5-11-35-22)18(16)13-21(20)34-2)15-24-28-19-7-4-3-6-17(19)26(32)30(24)14-23(27)31/h3-8,11-13,25H,9-10,14-15H2,1-2H3,(H2,27,31). The van der Waals surface area contributed by atoms with E-state index in [9.17, 15) is 9.59 Å². The Morgan fingerprint density at radius 3 is 2.63 bits per heavy atom. The third kappa shape index (κ3) is 4.28. The Hall–Kier alpha value is -3.69. The topological polar surface area (TPSA) is 99.7 Å². The number of aromatic nitrogens is 2. The summed E-state index contributed by atoms with van der Waals surface area (Å²) in [6, 6.07) is 15.3. The van der Waals surface area contributed by atoms with E-state index in [0.717, 1.165) is 18.5 Å². The number of nitrogens with zero attached hydrogens (tertiary/aromatic N) is 3. The Balaban J connectivity index is 1.63. The molecule has 0 fully saturated rings. The number of thiophene rings is 1. The zero-order chi connectivity index (χ0) is 24.5. The van der Waals surface area contributed by atoms with Crippen molar-refractivity contribution in [3.05, 3.63) is 86.1 Å². The van der Waals surface area contributed by atoms with Crippen LogP contribution in [-0.4, -0.2) is 41.1 Å². The van der Waals surface area contributed by atoms with Crippen molar-refractivity contribution >= 4 is 28.1 Å². The van der Waals surface area contributed by atoms with E-state index >= 15 is 0 Å². The normalized spacial score (nSPS) is 15.7. The van der Waals surface area contributed by atoms with Crippen molar-refractivity contribution in [2.75, 3.05) is 20.8 Å². The highest BCUT2D eigenvalue weighted by Gasteiger charge is 2.32. The van der Waals surface area contributed by atoms with Crippen molar-refractivity contribution in [3.63, 3.8) is 0 Å². The van der Waals surface area contributed by atoms with Gasteiger partial charge in [0.1, 0.15) is 12.4 Å². The number of amides is 1. The molecule has 2 aromatic heterocycles. The maximum absolute atomic E-state index is 13.3. The first-order valence-electron chi connectivity index (χ1n) is 11.3. The zero-order valence-corrected chi connectivity index (χ0v) is 20.4. The summed E-state index contributed by atoms with van der Waals surface area (Å²) in [6.07, 6.45) is 0.797. The summed E-state index contributed by atoms with van der Waals surface area (Å²) in [7, 11) is 3.27. The average Bonchev–Trinajstić information content (AvgIpc) is 3.39. The maximum atomic E-state index is 13.3. The SMILES string of the molecule is COc1cc2c(cc1OC)C(c1cccs1)N(Cc1nc3ccccc3c(=O)n1CC(N)=O)CC2. The monoisotopic (exact) mass is 490 g/mol. The number of hydrogen-bond donors (Lipinski definition) is 1. The molecule has 1 atom stereocenters. The van der Waals surface area contributed by atoms with Gasteiger partial charge in [-0.1, -0.05) is 18.2 Å². The third-order valence-corrected chi connectivity index (χ3v) is 7.31. The first-order valence-corrected chi connectivity index (χ1v) is 12.2. The van der Waals surface area contributed by atoms with Gasteiger partial charge in [-0.15, -0.1) is 11.3 Å². The number of carbonyl (C=O) groups is 1. The van der Waals surface area contributed by atoms with E-state index < -0.39 is 5.91 Å². The highest BCUT2D eigenvalue weighted by atomic mass is 32.1. The molecule has 0 saturated carbocycles. The number of hydrogen-bond acceptors (Lipinski definition) is 7. The number of ether oxygens (including phenoxy) is 2. The number of primary amides is 1. The van der Waals surface area contributed by atoms with Crippen molar-refractivity contribution in [2.45, 2.75) is 25.6 Å². The molecule has 3 heterocycles. The van der Waals surface area contributed by atoms with Crippen LogP contribution in [0.3, 0.4) is 0 Å². The minimum Gasteiger partial charge on any atom is -0.493 e. The predicted molar refractivity (Wildman–Crippen MR) is 135 cm³/mol. The second-order valence-corrected chi connectivity index (χ2v) is 9.43.